The summed E-state index contributed by atoms with van der Waals surface area (Å²) in [6, 6.07) is 10.8. The molecule has 0 saturated carbocycles. The number of benzene rings is 3. The van der Waals surface area contributed by atoms with Crippen LogP contribution in [0.3, 0.4) is 0 Å². The number of nitrogens with one attached hydrogen (secondary N) is 2. The molecule has 6 rings (SSSR count). The van der Waals surface area contributed by atoms with Crippen LogP contribution in [0.25, 0.3) is 0 Å². The summed E-state index contributed by atoms with van der Waals surface area (Å²) in [6.07, 6.45) is 0.308. The molecule has 3 aromatic rings. The molecule has 9 nitrogen and oxygen atoms in total. The molecule has 0 aliphatic carbocycles. The van der Waals surface area contributed by atoms with Crippen molar-refractivity contribution >= 4 is 46.5 Å². The number of nitrogens with two attached hydrogens (primary N) is 1. The van der Waals surface area contributed by atoms with Crippen molar-refractivity contribution in [2.75, 3.05) is 25.3 Å². The smallest absolute Gasteiger partial charge is 0.341 e. The number of halogens is 3. The van der Waals surface area contributed by atoms with Gasteiger partial charge in [0.25, 0.3) is 0 Å². The third-order valence-electron chi connectivity index (χ3n) is 8.23. The highest BCUT2D eigenvalue weighted by Crippen LogP contribution is 2.58. The first-order valence-electron chi connectivity index (χ1n) is 12.5. The third kappa shape index (κ3) is 3.71. The Morgan fingerprint density at radius 2 is 1.95 bits per heavy atom. The fourth-order valence-electron chi connectivity index (χ4n) is 6.59. The number of methoxy groups -OCH3 is 2. The highest BCUT2D eigenvalue weighted by molar-refractivity contribution is 6.31. The van der Waals surface area contributed by atoms with Crippen molar-refractivity contribution in [3.8, 4) is 5.75 Å². The lowest BCUT2D eigenvalue weighted by Crippen LogP contribution is -2.50. The van der Waals surface area contributed by atoms with Crippen LogP contribution < -0.4 is 21.1 Å². The first-order valence-corrected chi connectivity index (χ1v) is 13.2. The number of fused-ring (bicyclic) bond motifs is 3. The molecular formula is C28H25Cl2FN4O5. The Hall–Kier alpha value is -3.41. The van der Waals surface area contributed by atoms with Gasteiger partial charge in [-0.25, -0.2) is 9.18 Å². The molecule has 5 atom stereocenters. The van der Waals surface area contributed by atoms with Crippen molar-refractivity contribution in [1.29, 1.82) is 0 Å². The third-order valence-corrected chi connectivity index (χ3v) is 8.76. The minimum absolute atomic E-state index is 0.0998. The zero-order valence-electron chi connectivity index (χ0n) is 21.4. The van der Waals surface area contributed by atoms with E-state index >= 15 is 4.39 Å². The van der Waals surface area contributed by atoms with E-state index in [1.54, 1.807) is 36.4 Å². The molecule has 3 aromatic carbocycles. The van der Waals surface area contributed by atoms with Crippen LogP contribution >= 0.6 is 23.2 Å². The Balaban J connectivity index is 1.49. The van der Waals surface area contributed by atoms with Crippen LogP contribution in [0.2, 0.25) is 10.0 Å². The lowest BCUT2D eigenvalue weighted by Gasteiger charge is -2.36. The Bertz CT molecular complexity index is 1570. The number of carbonyl (C=O) groups excluding carboxylic acids is 2. The predicted molar refractivity (Wildman–Crippen MR) is 146 cm³/mol. The van der Waals surface area contributed by atoms with E-state index in [1.807, 2.05) is 0 Å². The fraction of sp³-hybridized carbons (Fsp3) is 0.286. The zero-order chi connectivity index (χ0) is 28.5. The number of anilines is 2. The molecule has 0 bridgehead atoms. The summed E-state index contributed by atoms with van der Waals surface area (Å²) in [6.45, 7) is 0. The number of nitrogen functional groups attached to an aromatic ring is 1. The molecule has 1 unspecified atom stereocenters. The van der Waals surface area contributed by atoms with E-state index < -0.39 is 47.3 Å². The molecule has 0 aromatic heterocycles. The summed E-state index contributed by atoms with van der Waals surface area (Å²) in [4.78, 5) is 26.0. The second-order valence-corrected chi connectivity index (χ2v) is 11.0. The quantitative estimate of drug-likeness (QED) is 0.258. The molecule has 40 heavy (non-hydrogen) atoms. The molecular weight excluding hydrogens is 562 g/mol. The first kappa shape index (κ1) is 26.8. The molecule has 12 heteroatoms. The van der Waals surface area contributed by atoms with E-state index in [4.69, 9.17) is 38.4 Å². The maximum atomic E-state index is 15.7. The van der Waals surface area contributed by atoms with E-state index in [0.717, 1.165) is 5.06 Å². The summed E-state index contributed by atoms with van der Waals surface area (Å²) in [5.41, 5.74) is 7.11. The monoisotopic (exact) mass is 586 g/mol. The van der Waals surface area contributed by atoms with Gasteiger partial charge in [0.2, 0.25) is 5.91 Å². The second kappa shape index (κ2) is 9.60. The molecule has 0 radical (unpaired) electrons. The summed E-state index contributed by atoms with van der Waals surface area (Å²) >= 11 is 12.4. The van der Waals surface area contributed by atoms with Crippen molar-refractivity contribution in [1.82, 2.24) is 10.4 Å². The molecule has 2 fully saturated rings. The lowest BCUT2D eigenvalue weighted by atomic mass is 9.74. The SMILES string of the molecule is COC(=O)c1cc(N)c(C2C[C@@H]3N[C@@]4(C(=O)Nc5cc(Cl)ccc54)[C@@H](c4cccc(Cl)c4F)[C@@H]3N2O)cc1OC. The number of hydrogen-bond acceptors (Lipinski definition) is 8. The number of ether oxygens (including phenoxy) is 2. The van der Waals surface area contributed by atoms with Gasteiger partial charge in [-0.15, -0.1) is 0 Å². The minimum Gasteiger partial charge on any atom is -0.496 e. The van der Waals surface area contributed by atoms with Crippen molar-refractivity contribution < 1.29 is 28.7 Å². The predicted octanol–water partition coefficient (Wildman–Crippen LogP) is 4.62. The average molecular weight is 587 g/mol. The standard InChI is InChI=1S/C28H25Cl2FN4O5/c1-39-22-10-14(18(32)9-15(22)26(36)40-2)21-11-20-25(35(21)38)23(13-4-3-5-17(30)24(13)31)28(34-20)16-7-6-12(29)8-19(16)33-27(28)37/h3-10,20-21,23,25,34,38H,11,32H2,1-2H3,(H,33,37)/t20-,21?,23-,25+,28+/m0/s1. The van der Waals surface area contributed by atoms with Crippen LogP contribution in [0.1, 0.15) is 45.4 Å². The van der Waals surface area contributed by atoms with Crippen LogP contribution in [0.5, 0.6) is 5.75 Å². The molecule has 3 aliphatic heterocycles. The van der Waals surface area contributed by atoms with E-state index in [9.17, 15) is 14.8 Å². The second-order valence-electron chi connectivity index (χ2n) is 10.1. The molecule has 5 N–H and O–H groups in total. The number of nitrogens with zero attached hydrogens (tertiary/aromatic N) is 1. The highest BCUT2D eigenvalue weighted by atomic mass is 35.5. The normalized spacial score (nSPS) is 27.0. The van der Waals surface area contributed by atoms with Crippen molar-refractivity contribution in [3.63, 3.8) is 0 Å². The Morgan fingerprint density at radius 3 is 2.67 bits per heavy atom. The topological polar surface area (TPSA) is 126 Å². The minimum atomic E-state index is -1.41. The van der Waals surface area contributed by atoms with Gasteiger partial charge in [0.15, 0.2) is 0 Å². The number of hydroxylamine groups is 2. The Labute approximate surface area is 238 Å². The molecule has 3 heterocycles. The Kier molecular flexibility index (Phi) is 6.43. The maximum absolute atomic E-state index is 15.7. The summed E-state index contributed by atoms with van der Waals surface area (Å²) in [5.74, 6) is -2.36. The van der Waals surface area contributed by atoms with Crippen molar-refractivity contribution in [3.05, 3.63) is 86.6 Å². The van der Waals surface area contributed by atoms with Gasteiger partial charge in [-0.05, 0) is 47.9 Å². The summed E-state index contributed by atoms with van der Waals surface area (Å²) < 4.78 is 25.9. The van der Waals surface area contributed by atoms with Crippen LogP contribution in [-0.4, -0.2) is 48.5 Å². The molecule has 2 saturated heterocycles. The summed E-state index contributed by atoms with van der Waals surface area (Å²) in [7, 11) is 2.66. The van der Waals surface area contributed by atoms with Crippen LogP contribution in [0.4, 0.5) is 15.8 Å². The number of rotatable bonds is 4. The number of amides is 1. The number of carbonyl (C=O) groups is 2. The van der Waals surface area contributed by atoms with Crippen LogP contribution in [-0.2, 0) is 15.1 Å². The van der Waals surface area contributed by atoms with Gasteiger partial charge in [0, 0.05) is 33.9 Å². The van der Waals surface area contributed by atoms with Crippen LogP contribution in [0.15, 0.2) is 48.5 Å². The number of hydrogen-bond donors (Lipinski definition) is 4. The molecule has 3 aliphatic rings. The number of esters is 1. The van der Waals surface area contributed by atoms with Gasteiger partial charge in [-0.3, -0.25) is 10.1 Å². The Morgan fingerprint density at radius 1 is 1.18 bits per heavy atom. The van der Waals surface area contributed by atoms with E-state index in [0.29, 0.717) is 28.3 Å². The maximum Gasteiger partial charge on any atom is 0.341 e. The van der Waals surface area contributed by atoms with Crippen molar-refractivity contribution in [2.45, 2.75) is 36.0 Å². The van der Waals surface area contributed by atoms with Crippen molar-refractivity contribution in [2.24, 2.45) is 0 Å². The van der Waals surface area contributed by atoms with Gasteiger partial charge in [0.1, 0.15) is 22.7 Å². The molecule has 1 amide bonds. The van der Waals surface area contributed by atoms with Gasteiger partial charge in [0.05, 0.1) is 31.3 Å². The van der Waals surface area contributed by atoms with Gasteiger partial charge >= 0.3 is 5.97 Å². The first-order chi connectivity index (χ1) is 19.1. The summed E-state index contributed by atoms with van der Waals surface area (Å²) in [5, 5.41) is 19.5. The highest BCUT2D eigenvalue weighted by Gasteiger charge is 2.66. The van der Waals surface area contributed by atoms with Gasteiger partial charge in [-0.1, -0.05) is 41.4 Å². The van der Waals surface area contributed by atoms with E-state index in [2.05, 4.69) is 10.6 Å². The zero-order valence-corrected chi connectivity index (χ0v) is 22.9. The molecule has 208 valence electrons. The van der Waals surface area contributed by atoms with Gasteiger partial charge in [-0.2, -0.15) is 5.06 Å². The van der Waals surface area contributed by atoms with E-state index in [1.165, 1.54) is 26.4 Å². The largest absolute Gasteiger partial charge is 0.496 e. The van der Waals surface area contributed by atoms with Crippen LogP contribution in [0, 0.1) is 5.82 Å². The van der Waals surface area contributed by atoms with Gasteiger partial charge < -0.3 is 25.7 Å². The van der Waals surface area contributed by atoms with E-state index in [-0.39, 0.29) is 27.6 Å². The molecule has 1 spiro atoms. The lowest BCUT2D eigenvalue weighted by molar-refractivity contribution is -0.143. The fourth-order valence-corrected chi connectivity index (χ4v) is 6.95. The average Bonchev–Trinajstić information content (AvgIpc) is 3.53.